The Balaban J connectivity index is 0.00000274. The second-order valence-corrected chi connectivity index (χ2v) is 9.02. The van der Waals surface area contributed by atoms with Gasteiger partial charge in [-0.2, -0.15) is 0 Å². The summed E-state index contributed by atoms with van der Waals surface area (Å²) in [7, 11) is 0. The van der Waals surface area contributed by atoms with Crippen LogP contribution in [0.25, 0.3) is 0 Å². The predicted octanol–water partition coefficient (Wildman–Crippen LogP) is 2.78. The lowest BCUT2D eigenvalue weighted by atomic mass is 10.2. The zero-order valence-corrected chi connectivity index (χ0v) is 20.3. The largest absolute Gasteiger partial charge is 0.476 e. The molecule has 0 aliphatic carbocycles. The Bertz CT molecular complexity index is 910. The number of hydrogen-bond acceptors (Lipinski definition) is 7. The Hall–Kier alpha value is -2.55. The number of carbonyl (C=O) groups excluding carboxylic acids is 1. The average Bonchev–Trinajstić information content (AvgIpc) is 3.12. The van der Waals surface area contributed by atoms with Crippen LogP contribution in [0.15, 0.2) is 48.7 Å². The molecule has 5 rings (SSSR count). The summed E-state index contributed by atoms with van der Waals surface area (Å²) in [6, 6.07) is 15.1. The first kappa shape index (κ1) is 24.6. The zero-order valence-electron chi connectivity index (χ0n) is 19.5. The van der Waals surface area contributed by atoms with E-state index in [1.165, 1.54) is 18.5 Å². The van der Waals surface area contributed by atoms with Crippen molar-refractivity contribution in [2.75, 3.05) is 57.3 Å². The summed E-state index contributed by atoms with van der Waals surface area (Å²) in [5.74, 6) is 0.688. The predicted molar refractivity (Wildman–Crippen MR) is 134 cm³/mol. The van der Waals surface area contributed by atoms with Gasteiger partial charge in [0.1, 0.15) is 13.2 Å². The van der Waals surface area contributed by atoms with Crippen LogP contribution in [0.2, 0.25) is 0 Å². The second kappa shape index (κ2) is 11.7. The van der Waals surface area contributed by atoms with Gasteiger partial charge in [0.2, 0.25) is 5.88 Å². The molecule has 1 aromatic heterocycles. The molecule has 2 atom stereocenters. The third kappa shape index (κ3) is 5.92. The number of carbonyl (C=O) groups is 1. The highest BCUT2D eigenvalue weighted by Crippen LogP contribution is 2.33. The summed E-state index contributed by atoms with van der Waals surface area (Å²) >= 11 is 0. The van der Waals surface area contributed by atoms with E-state index in [0.29, 0.717) is 44.3 Å². The second-order valence-electron chi connectivity index (χ2n) is 9.02. The Morgan fingerprint density at radius 3 is 2.50 bits per heavy atom. The maximum Gasteiger partial charge on any atom is 0.410 e. The fraction of sp³-hybridized carbons (Fsp3) is 0.520. The third-order valence-corrected chi connectivity index (χ3v) is 6.89. The Morgan fingerprint density at radius 2 is 1.76 bits per heavy atom. The van der Waals surface area contributed by atoms with Crippen LogP contribution >= 0.6 is 12.4 Å². The monoisotopic (exact) mass is 487 g/mol. The maximum absolute atomic E-state index is 12.3. The minimum absolute atomic E-state index is 0. The van der Waals surface area contributed by atoms with Crippen molar-refractivity contribution in [3.8, 4) is 5.88 Å². The molecule has 0 saturated carbocycles. The van der Waals surface area contributed by atoms with Crippen LogP contribution in [0, 0.1) is 0 Å². The topological polar surface area (TPSA) is 70.2 Å². The van der Waals surface area contributed by atoms with Gasteiger partial charge in [-0.05, 0) is 24.5 Å². The van der Waals surface area contributed by atoms with E-state index in [2.05, 4.69) is 32.2 Å². The van der Waals surface area contributed by atoms with Gasteiger partial charge >= 0.3 is 6.09 Å². The van der Waals surface area contributed by atoms with Gasteiger partial charge in [0.15, 0.2) is 0 Å². The number of fused-ring (bicyclic) bond motifs is 2. The Labute approximate surface area is 207 Å². The van der Waals surface area contributed by atoms with Crippen molar-refractivity contribution < 1.29 is 14.3 Å². The van der Waals surface area contributed by atoms with Gasteiger partial charge in [-0.25, -0.2) is 9.78 Å². The molecule has 0 spiro atoms. The summed E-state index contributed by atoms with van der Waals surface area (Å²) in [5.41, 5.74) is 2.22. The van der Waals surface area contributed by atoms with Gasteiger partial charge < -0.3 is 24.6 Å². The molecule has 3 aliphatic heterocycles. The number of aromatic nitrogens is 1. The smallest absolute Gasteiger partial charge is 0.410 e. The van der Waals surface area contributed by atoms with Crippen LogP contribution in [0.4, 0.5) is 10.5 Å². The van der Waals surface area contributed by atoms with E-state index < -0.39 is 0 Å². The fourth-order valence-corrected chi connectivity index (χ4v) is 5.08. The van der Waals surface area contributed by atoms with Gasteiger partial charge in [-0.1, -0.05) is 30.3 Å². The molecule has 3 aliphatic rings. The molecule has 184 valence electrons. The lowest BCUT2D eigenvalue weighted by Gasteiger charge is -2.37. The first-order valence-corrected chi connectivity index (χ1v) is 12.0. The van der Waals surface area contributed by atoms with Crippen LogP contribution in [-0.2, 0) is 11.3 Å². The molecule has 34 heavy (non-hydrogen) atoms. The summed E-state index contributed by atoms with van der Waals surface area (Å²) in [4.78, 5) is 23.4. The molecule has 4 heterocycles. The normalized spacial score (nSPS) is 22.2. The molecule has 8 nitrogen and oxygen atoms in total. The van der Waals surface area contributed by atoms with Gasteiger partial charge in [0, 0.05) is 75.8 Å². The molecule has 2 aromatic rings. The lowest BCUT2D eigenvalue weighted by molar-refractivity contribution is 0.0682. The van der Waals surface area contributed by atoms with Crippen LogP contribution in [0.1, 0.15) is 18.4 Å². The van der Waals surface area contributed by atoms with E-state index in [4.69, 9.17) is 9.47 Å². The summed E-state index contributed by atoms with van der Waals surface area (Å²) in [6.07, 6.45) is 4.12. The maximum atomic E-state index is 12.3. The Morgan fingerprint density at radius 1 is 1.03 bits per heavy atom. The van der Waals surface area contributed by atoms with Gasteiger partial charge in [0.05, 0.1) is 0 Å². The number of pyridine rings is 1. The quantitative estimate of drug-likeness (QED) is 0.644. The van der Waals surface area contributed by atoms with Gasteiger partial charge in [-0.15, -0.1) is 12.4 Å². The van der Waals surface area contributed by atoms with Crippen LogP contribution in [0.5, 0.6) is 5.88 Å². The molecule has 1 aromatic carbocycles. The number of nitrogens with zero attached hydrogens (tertiary/aromatic N) is 4. The van der Waals surface area contributed by atoms with Crippen molar-refractivity contribution >= 4 is 24.2 Å². The highest BCUT2D eigenvalue weighted by Gasteiger charge is 2.36. The molecule has 9 heteroatoms. The molecule has 1 N–H and O–H groups in total. The standard InChI is InChI=1S/C25H33N5O3.ClH/c31-25(33-19-20-4-2-1-3-5-20)29-12-10-28(11-13-29)14-15-32-24-16-21(8-9-27-24)30-22-6-7-23(30)18-26-17-22;/h1-5,8-9,16,22-23,26H,6-7,10-15,17-19H2;1H. The minimum atomic E-state index is -0.238. The summed E-state index contributed by atoms with van der Waals surface area (Å²) in [5, 5.41) is 3.53. The number of anilines is 1. The number of benzene rings is 1. The fourth-order valence-electron chi connectivity index (χ4n) is 5.08. The number of piperazine rings is 2. The number of amides is 1. The van der Waals surface area contributed by atoms with E-state index in [1.54, 1.807) is 4.90 Å². The van der Waals surface area contributed by atoms with Crippen molar-refractivity contribution in [1.82, 2.24) is 20.1 Å². The molecule has 2 unspecified atom stereocenters. The number of rotatable bonds is 7. The van der Waals surface area contributed by atoms with Gasteiger partial charge in [-0.3, -0.25) is 4.90 Å². The number of hydrogen-bond donors (Lipinski definition) is 1. The first-order chi connectivity index (χ1) is 16.3. The molecule has 2 bridgehead atoms. The number of ether oxygens (including phenoxy) is 2. The van der Waals surface area contributed by atoms with E-state index in [1.807, 2.05) is 36.5 Å². The van der Waals surface area contributed by atoms with Crippen LogP contribution in [0.3, 0.4) is 0 Å². The van der Waals surface area contributed by atoms with Crippen molar-refractivity contribution in [3.63, 3.8) is 0 Å². The zero-order chi connectivity index (χ0) is 22.5. The highest BCUT2D eigenvalue weighted by molar-refractivity contribution is 5.85. The summed E-state index contributed by atoms with van der Waals surface area (Å²) < 4.78 is 11.4. The molecule has 3 fully saturated rings. The van der Waals surface area contributed by atoms with Crippen molar-refractivity contribution in [2.24, 2.45) is 0 Å². The van der Waals surface area contributed by atoms with E-state index in [0.717, 1.165) is 38.3 Å². The molecular weight excluding hydrogens is 454 g/mol. The number of halogens is 1. The van der Waals surface area contributed by atoms with E-state index >= 15 is 0 Å². The number of nitrogens with one attached hydrogen (secondary N) is 1. The van der Waals surface area contributed by atoms with E-state index in [9.17, 15) is 4.79 Å². The minimum Gasteiger partial charge on any atom is -0.476 e. The van der Waals surface area contributed by atoms with Crippen molar-refractivity contribution in [2.45, 2.75) is 31.5 Å². The lowest BCUT2D eigenvalue weighted by Crippen LogP contribution is -2.52. The van der Waals surface area contributed by atoms with Gasteiger partial charge in [0.25, 0.3) is 0 Å². The highest BCUT2D eigenvalue weighted by atomic mass is 35.5. The van der Waals surface area contributed by atoms with Crippen molar-refractivity contribution in [3.05, 3.63) is 54.2 Å². The van der Waals surface area contributed by atoms with Crippen LogP contribution in [-0.4, -0.2) is 85.4 Å². The summed E-state index contributed by atoms with van der Waals surface area (Å²) in [6.45, 7) is 6.82. The van der Waals surface area contributed by atoms with E-state index in [-0.39, 0.29) is 18.5 Å². The SMILES string of the molecule is Cl.O=C(OCc1ccccc1)N1CCN(CCOc2cc(N3C4CCC3CNC4)ccn2)CC1. The van der Waals surface area contributed by atoms with Crippen molar-refractivity contribution in [1.29, 1.82) is 0 Å². The Kier molecular flexibility index (Phi) is 8.48. The molecule has 1 amide bonds. The average molecular weight is 488 g/mol. The molecular formula is C25H34ClN5O3. The van der Waals surface area contributed by atoms with Crippen LogP contribution < -0.4 is 15.0 Å². The third-order valence-electron chi connectivity index (χ3n) is 6.89. The molecule has 0 radical (unpaired) electrons. The first-order valence-electron chi connectivity index (χ1n) is 12.0. The molecule has 3 saturated heterocycles.